The molecule has 3 heterocycles. The number of para-hydroxylation sites is 2. The molecule has 1 aliphatic carbocycles. The predicted octanol–water partition coefficient (Wildman–Crippen LogP) is 3.92. The van der Waals surface area contributed by atoms with E-state index in [9.17, 15) is 9.59 Å². The predicted molar refractivity (Wildman–Crippen MR) is 121 cm³/mol. The molecular weight excluding hydrogens is 426 g/mol. The second-order valence-electron chi connectivity index (χ2n) is 8.01. The average Bonchev–Trinajstić information content (AvgIpc) is 3.36. The van der Waals surface area contributed by atoms with Gasteiger partial charge in [0.15, 0.2) is 5.78 Å². The summed E-state index contributed by atoms with van der Waals surface area (Å²) >= 11 is 1.57. The fraction of sp³-hybridized carbons (Fsp3) is 0.292. The van der Waals surface area contributed by atoms with Crippen LogP contribution >= 0.6 is 11.3 Å². The minimum Gasteiger partial charge on any atom is -0.465 e. The van der Waals surface area contributed by atoms with Gasteiger partial charge in [-0.1, -0.05) is 12.1 Å². The fourth-order valence-corrected chi connectivity index (χ4v) is 5.68. The minimum absolute atomic E-state index is 0.00152. The van der Waals surface area contributed by atoms with E-state index >= 15 is 0 Å². The monoisotopic (exact) mass is 449 g/mol. The maximum Gasteiger partial charge on any atom is 0.340 e. The summed E-state index contributed by atoms with van der Waals surface area (Å²) in [7, 11) is 1.31. The van der Waals surface area contributed by atoms with E-state index in [0.717, 1.165) is 26.4 Å². The number of allylic oxidation sites excluding steroid dienone is 2. The molecular formula is C24H23N3O4S. The molecule has 0 bridgehead atoms. The second kappa shape index (κ2) is 7.94. The van der Waals surface area contributed by atoms with Crippen molar-refractivity contribution in [3.05, 3.63) is 74.8 Å². The first-order valence-corrected chi connectivity index (χ1v) is 11.3. The number of esters is 1. The number of ketones is 1. The van der Waals surface area contributed by atoms with Crippen molar-refractivity contribution < 1.29 is 19.1 Å². The molecule has 5 rings (SSSR count). The van der Waals surface area contributed by atoms with E-state index in [1.165, 1.54) is 7.11 Å². The number of carbonyl (C=O) groups is 2. The van der Waals surface area contributed by atoms with Crippen LogP contribution in [-0.4, -0.2) is 28.4 Å². The third kappa shape index (κ3) is 3.31. The van der Waals surface area contributed by atoms with Gasteiger partial charge in [-0.25, -0.2) is 9.78 Å². The van der Waals surface area contributed by atoms with Crippen LogP contribution in [0.1, 0.15) is 40.5 Å². The van der Waals surface area contributed by atoms with E-state index in [4.69, 9.17) is 15.2 Å². The van der Waals surface area contributed by atoms with Crippen LogP contribution in [0.15, 0.2) is 59.4 Å². The Bertz CT molecular complexity index is 1310. The number of rotatable bonds is 4. The van der Waals surface area contributed by atoms with E-state index in [1.54, 1.807) is 11.3 Å². The van der Waals surface area contributed by atoms with Crippen LogP contribution in [0.4, 0.5) is 0 Å². The highest BCUT2D eigenvalue weighted by Crippen LogP contribution is 2.46. The van der Waals surface area contributed by atoms with Gasteiger partial charge in [-0.15, -0.1) is 11.3 Å². The van der Waals surface area contributed by atoms with Crippen LogP contribution in [0, 0.1) is 6.92 Å². The number of hydrogen-bond donors (Lipinski definition) is 1. The Morgan fingerprint density at radius 2 is 2.16 bits per heavy atom. The number of hydrogen-bond acceptors (Lipinski definition) is 7. The van der Waals surface area contributed by atoms with Gasteiger partial charge in [-0.2, -0.15) is 0 Å². The van der Waals surface area contributed by atoms with Gasteiger partial charge in [0.1, 0.15) is 11.3 Å². The third-order valence-electron chi connectivity index (χ3n) is 6.08. The molecule has 164 valence electrons. The highest BCUT2D eigenvalue weighted by molar-refractivity contribution is 7.12. The number of nitrogens with two attached hydrogens (primary N) is 1. The Labute approximate surface area is 189 Å². The van der Waals surface area contributed by atoms with Crippen molar-refractivity contribution in [1.29, 1.82) is 0 Å². The number of methoxy groups -OCH3 is 1. The molecule has 0 unspecified atom stereocenters. The van der Waals surface area contributed by atoms with Gasteiger partial charge in [0.2, 0.25) is 5.88 Å². The number of ether oxygens (including phenoxy) is 2. The first-order chi connectivity index (χ1) is 15.5. The zero-order chi connectivity index (χ0) is 22.4. The third-order valence-corrected chi connectivity index (χ3v) is 7.24. The van der Waals surface area contributed by atoms with E-state index in [2.05, 4.69) is 15.6 Å². The quantitative estimate of drug-likeness (QED) is 0.607. The van der Waals surface area contributed by atoms with Crippen molar-refractivity contribution in [2.45, 2.75) is 38.6 Å². The lowest BCUT2D eigenvalue weighted by atomic mass is 9.80. The highest BCUT2D eigenvalue weighted by Gasteiger charge is 2.42. The number of carbonyl (C=O) groups excluding carboxylic acids is 2. The standard InChI is InChI=1S/C24H23N3O4S/c1-13-14(11-27-12-26-15-6-3-4-7-16(15)27)10-19(32-13)21-20-17(28)8-5-9-18(20)31-23(25)22(21)24(29)30-2/h3-4,6-7,10,12,21H,5,8-9,11,25H2,1-2H3/t21-/m0/s1. The molecule has 2 aromatic heterocycles. The zero-order valence-electron chi connectivity index (χ0n) is 17.9. The van der Waals surface area contributed by atoms with Crippen LogP contribution in [0.2, 0.25) is 0 Å². The van der Waals surface area contributed by atoms with Gasteiger partial charge in [-0.3, -0.25) is 4.79 Å². The highest BCUT2D eigenvalue weighted by atomic mass is 32.1. The Morgan fingerprint density at radius 3 is 2.97 bits per heavy atom. The molecule has 2 aliphatic rings. The average molecular weight is 450 g/mol. The van der Waals surface area contributed by atoms with Crippen LogP contribution in [0.25, 0.3) is 11.0 Å². The SMILES string of the molecule is COC(=O)C1=C(N)OC2=C(C(=O)CCC2)[C@@H]1c1cc(Cn2cnc3ccccc32)c(C)s1. The largest absolute Gasteiger partial charge is 0.465 e. The van der Waals surface area contributed by atoms with Crippen LogP contribution in [-0.2, 0) is 25.6 Å². The summed E-state index contributed by atoms with van der Waals surface area (Å²) in [6, 6.07) is 10.1. The van der Waals surface area contributed by atoms with Crippen LogP contribution in [0.3, 0.4) is 0 Å². The second-order valence-corrected chi connectivity index (χ2v) is 9.30. The van der Waals surface area contributed by atoms with Crippen molar-refractivity contribution in [3.63, 3.8) is 0 Å². The maximum atomic E-state index is 12.9. The summed E-state index contributed by atoms with van der Waals surface area (Å²) < 4.78 is 12.8. The Kier molecular flexibility index (Phi) is 5.09. The number of fused-ring (bicyclic) bond motifs is 1. The van der Waals surface area contributed by atoms with Crippen molar-refractivity contribution in [2.75, 3.05) is 7.11 Å². The van der Waals surface area contributed by atoms with Crippen LogP contribution < -0.4 is 5.73 Å². The first kappa shape index (κ1) is 20.5. The van der Waals surface area contributed by atoms with Gasteiger partial charge in [0.05, 0.1) is 36.9 Å². The minimum atomic E-state index is -0.578. The molecule has 0 spiro atoms. The van der Waals surface area contributed by atoms with E-state index in [-0.39, 0.29) is 17.2 Å². The van der Waals surface area contributed by atoms with E-state index in [0.29, 0.717) is 37.1 Å². The fourth-order valence-electron chi connectivity index (χ4n) is 4.51. The molecule has 0 amide bonds. The number of aryl methyl sites for hydroxylation is 1. The molecule has 8 heteroatoms. The summed E-state index contributed by atoms with van der Waals surface area (Å²) in [6.07, 6.45) is 3.61. The number of imidazole rings is 1. The molecule has 32 heavy (non-hydrogen) atoms. The molecule has 3 aromatic rings. The molecule has 0 saturated carbocycles. The number of aromatic nitrogens is 2. The summed E-state index contributed by atoms with van der Waals surface area (Å²) in [5.74, 6) is -0.562. The number of thiophene rings is 1. The number of nitrogens with zero attached hydrogens (tertiary/aromatic N) is 2. The van der Waals surface area contributed by atoms with Crippen LogP contribution in [0.5, 0.6) is 0 Å². The summed E-state index contributed by atoms with van der Waals surface area (Å²) in [6.45, 7) is 2.68. The van der Waals surface area contributed by atoms with Gasteiger partial charge in [-0.05, 0) is 37.1 Å². The lowest BCUT2D eigenvalue weighted by Gasteiger charge is -2.31. The molecule has 1 aromatic carbocycles. The molecule has 7 nitrogen and oxygen atoms in total. The Morgan fingerprint density at radius 1 is 1.34 bits per heavy atom. The zero-order valence-corrected chi connectivity index (χ0v) is 18.7. The van der Waals surface area contributed by atoms with Crippen molar-refractivity contribution in [2.24, 2.45) is 5.73 Å². The topological polar surface area (TPSA) is 96.4 Å². The normalized spacial score (nSPS) is 18.7. The lowest BCUT2D eigenvalue weighted by molar-refractivity contribution is -0.136. The molecule has 1 atom stereocenters. The summed E-state index contributed by atoms with van der Waals surface area (Å²) in [4.78, 5) is 32.0. The molecule has 2 N–H and O–H groups in total. The van der Waals surface area contributed by atoms with E-state index in [1.807, 2.05) is 37.5 Å². The maximum absolute atomic E-state index is 12.9. The lowest BCUT2D eigenvalue weighted by Crippen LogP contribution is -2.30. The van der Waals surface area contributed by atoms with Gasteiger partial charge >= 0.3 is 5.97 Å². The van der Waals surface area contributed by atoms with Crippen molar-refractivity contribution >= 4 is 34.1 Å². The molecule has 0 saturated heterocycles. The number of Topliss-reactive ketones (excluding diaryl/α,β-unsaturated/α-hetero) is 1. The smallest absolute Gasteiger partial charge is 0.340 e. The van der Waals surface area contributed by atoms with E-state index < -0.39 is 11.9 Å². The summed E-state index contributed by atoms with van der Waals surface area (Å²) in [5, 5.41) is 0. The number of benzene rings is 1. The van der Waals surface area contributed by atoms with Gasteiger partial charge < -0.3 is 19.8 Å². The first-order valence-electron chi connectivity index (χ1n) is 10.5. The van der Waals surface area contributed by atoms with Gasteiger partial charge in [0.25, 0.3) is 0 Å². The molecule has 0 radical (unpaired) electrons. The van der Waals surface area contributed by atoms with Gasteiger partial charge in [0, 0.05) is 28.2 Å². The molecule has 1 aliphatic heterocycles. The van der Waals surface area contributed by atoms with Crippen molar-refractivity contribution in [1.82, 2.24) is 9.55 Å². The summed E-state index contributed by atoms with van der Waals surface area (Å²) in [5.41, 5.74) is 9.99. The van der Waals surface area contributed by atoms with Crippen molar-refractivity contribution in [3.8, 4) is 0 Å². The Hall–Kier alpha value is -3.39. The molecule has 0 fully saturated rings. The Balaban J connectivity index is 1.59.